The first-order chi connectivity index (χ1) is 12.0. The third kappa shape index (κ3) is 4.92. The summed E-state index contributed by atoms with van der Waals surface area (Å²) >= 11 is 0. The number of hydrogen-bond acceptors (Lipinski definition) is 2. The Morgan fingerprint density at radius 3 is 1.96 bits per heavy atom. The quantitative estimate of drug-likeness (QED) is 0.769. The normalized spacial score (nSPS) is 14.3. The van der Waals surface area contributed by atoms with Gasteiger partial charge in [-0.25, -0.2) is 0 Å². The van der Waals surface area contributed by atoms with Gasteiger partial charge < -0.3 is 10.4 Å². The number of carbonyl (C=O) groups is 2. The van der Waals surface area contributed by atoms with Crippen molar-refractivity contribution in [2.24, 2.45) is 5.92 Å². The molecule has 2 aromatic rings. The van der Waals surface area contributed by atoms with Gasteiger partial charge in [-0.2, -0.15) is 0 Å². The number of benzene rings is 2. The molecule has 0 heterocycles. The highest BCUT2D eigenvalue weighted by Crippen LogP contribution is 2.27. The smallest absolute Gasteiger partial charge is 0.312 e. The predicted octanol–water partition coefficient (Wildman–Crippen LogP) is 3.80. The number of carboxylic acids is 1. The van der Waals surface area contributed by atoms with Crippen LogP contribution < -0.4 is 5.32 Å². The van der Waals surface area contributed by atoms with Crippen LogP contribution in [0.15, 0.2) is 60.7 Å². The second-order valence-electron chi connectivity index (χ2n) is 6.32. The molecule has 0 aliphatic rings. The van der Waals surface area contributed by atoms with Crippen LogP contribution >= 0.6 is 0 Å². The van der Waals surface area contributed by atoms with Gasteiger partial charge in [-0.3, -0.25) is 9.59 Å². The monoisotopic (exact) mass is 339 g/mol. The molecule has 4 heteroatoms. The molecule has 0 radical (unpaired) electrons. The topological polar surface area (TPSA) is 66.4 Å². The van der Waals surface area contributed by atoms with Crippen molar-refractivity contribution in [3.05, 3.63) is 71.8 Å². The van der Waals surface area contributed by atoms with Gasteiger partial charge in [-0.15, -0.1) is 0 Å². The fourth-order valence-electron chi connectivity index (χ4n) is 2.98. The molecule has 0 bridgehead atoms. The zero-order valence-electron chi connectivity index (χ0n) is 14.7. The van der Waals surface area contributed by atoms with Crippen LogP contribution in [-0.4, -0.2) is 23.5 Å². The molecular weight excluding hydrogens is 314 g/mol. The summed E-state index contributed by atoms with van der Waals surface area (Å²) in [7, 11) is 0. The number of nitrogens with one attached hydrogen (secondary N) is 1. The number of hydrogen-bond donors (Lipinski definition) is 2. The van der Waals surface area contributed by atoms with Gasteiger partial charge in [0.2, 0.25) is 5.91 Å². The van der Waals surface area contributed by atoms with E-state index in [9.17, 15) is 14.7 Å². The number of aliphatic carboxylic acids is 1. The summed E-state index contributed by atoms with van der Waals surface area (Å²) in [5, 5.41) is 12.4. The highest BCUT2D eigenvalue weighted by atomic mass is 16.4. The number of carboxylic acid groups (broad SMARTS) is 1. The van der Waals surface area contributed by atoms with Crippen LogP contribution in [0.25, 0.3) is 0 Å². The molecule has 0 spiro atoms. The van der Waals surface area contributed by atoms with Gasteiger partial charge in [-0.1, -0.05) is 80.9 Å². The van der Waals surface area contributed by atoms with E-state index in [1.807, 2.05) is 43.3 Å². The fourth-order valence-corrected chi connectivity index (χ4v) is 2.98. The first kappa shape index (κ1) is 18.7. The van der Waals surface area contributed by atoms with E-state index in [1.165, 1.54) is 0 Å². The van der Waals surface area contributed by atoms with Crippen LogP contribution in [0.1, 0.15) is 43.2 Å². The summed E-state index contributed by atoms with van der Waals surface area (Å²) in [5.41, 5.74) is 1.65. The second kappa shape index (κ2) is 9.02. The van der Waals surface area contributed by atoms with Gasteiger partial charge >= 0.3 is 5.97 Å². The lowest BCUT2D eigenvalue weighted by Gasteiger charge is -2.24. The summed E-state index contributed by atoms with van der Waals surface area (Å²) in [4.78, 5) is 24.4. The van der Waals surface area contributed by atoms with Crippen molar-refractivity contribution >= 4 is 11.9 Å². The minimum Gasteiger partial charge on any atom is -0.481 e. The summed E-state index contributed by atoms with van der Waals surface area (Å²) in [6, 6.07) is 18.6. The summed E-state index contributed by atoms with van der Waals surface area (Å²) < 4.78 is 0. The SMILES string of the molecule is CCC(C)C(C(=O)NCC(C(=O)O)c1ccccc1)c1ccccc1. The van der Waals surface area contributed by atoms with Crippen LogP contribution in [0.5, 0.6) is 0 Å². The van der Waals surface area contributed by atoms with E-state index in [0.29, 0.717) is 5.56 Å². The zero-order valence-corrected chi connectivity index (χ0v) is 14.7. The van der Waals surface area contributed by atoms with E-state index in [-0.39, 0.29) is 24.3 Å². The minimum absolute atomic E-state index is 0.0813. The third-order valence-corrected chi connectivity index (χ3v) is 4.63. The standard InChI is InChI=1S/C21H25NO3/c1-3-15(2)19(17-12-8-5-9-13-17)20(23)22-14-18(21(24)25)16-10-6-4-7-11-16/h4-13,15,18-19H,3,14H2,1-2H3,(H,22,23)(H,24,25). The maximum atomic E-state index is 12.8. The first-order valence-electron chi connectivity index (χ1n) is 8.65. The molecule has 1 amide bonds. The van der Waals surface area contributed by atoms with Gasteiger partial charge in [0.1, 0.15) is 0 Å². The lowest BCUT2D eigenvalue weighted by Crippen LogP contribution is -2.37. The molecule has 0 aromatic heterocycles. The van der Waals surface area contributed by atoms with Crippen molar-refractivity contribution in [2.45, 2.75) is 32.1 Å². The van der Waals surface area contributed by atoms with Gasteiger partial charge in [0.15, 0.2) is 0 Å². The Morgan fingerprint density at radius 1 is 0.960 bits per heavy atom. The first-order valence-corrected chi connectivity index (χ1v) is 8.65. The van der Waals surface area contributed by atoms with Crippen molar-refractivity contribution in [3.8, 4) is 0 Å². The van der Waals surface area contributed by atoms with E-state index in [2.05, 4.69) is 12.2 Å². The molecule has 3 atom stereocenters. The Morgan fingerprint density at radius 2 is 1.48 bits per heavy atom. The van der Waals surface area contributed by atoms with E-state index in [1.54, 1.807) is 24.3 Å². The van der Waals surface area contributed by atoms with E-state index in [0.717, 1.165) is 12.0 Å². The van der Waals surface area contributed by atoms with E-state index >= 15 is 0 Å². The van der Waals surface area contributed by atoms with Crippen molar-refractivity contribution in [1.29, 1.82) is 0 Å². The predicted molar refractivity (Wildman–Crippen MR) is 98.5 cm³/mol. The Bertz CT molecular complexity index is 685. The molecule has 3 unspecified atom stereocenters. The maximum absolute atomic E-state index is 12.8. The maximum Gasteiger partial charge on any atom is 0.312 e. The van der Waals surface area contributed by atoms with Gasteiger partial charge in [0.25, 0.3) is 0 Å². The zero-order chi connectivity index (χ0) is 18.2. The molecule has 4 nitrogen and oxygen atoms in total. The second-order valence-corrected chi connectivity index (χ2v) is 6.32. The van der Waals surface area contributed by atoms with Crippen molar-refractivity contribution in [3.63, 3.8) is 0 Å². The van der Waals surface area contributed by atoms with Crippen LogP contribution in [0.4, 0.5) is 0 Å². The van der Waals surface area contributed by atoms with E-state index < -0.39 is 11.9 Å². The van der Waals surface area contributed by atoms with Gasteiger partial charge in [0.05, 0.1) is 11.8 Å². The Labute approximate surface area is 148 Å². The number of carbonyl (C=O) groups excluding carboxylic acids is 1. The molecule has 0 aliphatic carbocycles. The average molecular weight is 339 g/mol. The average Bonchev–Trinajstić information content (AvgIpc) is 2.63. The Kier molecular flexibility index (Phi) is 6.75. The van der Waals surface area contributed by atoms with Crippen molar-refractivity contribution in [1.82, 2.24) is 5.32 Å². The Hall–Kier alpha value is -2.62. The molecule has 25 heavy (non-hydrogen) atoms. The largest absolute Gasteiger partial charge is 0.481 e. The Balaban J connectivity index is 2.13. The van der Waals surface area contributed by atoms with Crippen molar-refractivity contribution < 1.29 is 14.7 Å². The molecule has 0 fully saturated rings. The lowest BCUT2D eigenvalue weighted by atomic mass is 9.84. The summed E-state index contributed by atoms with van der Waals surface area (Å²) in [5.74, 6) is -1.92. The molecule has 132 valence electrons. The van der Waals surface area contributed by atoms with Crippen LogP contribution in [0.3, 0.4) is 0 Å². The minimum atomic E-state index is -0.939. The fraction of sp³-hybridized carbons (Fsp3) is 0.333. The molecule has 0 aliphatic heterocycles. The van der Waals surface area contributed by atoms with Gasteiger partial charge in [0, 0.05) is 6.54 Å². The molecule has 2 N–H and O–H groups in total. The molecule has 2 rings (SSSR count). The molecule has 0 saturated heterocycles. The van der Waals surface area contributed by atoms with E-state index in [4.69, 9.17) is 0 Å². The third-order valence-electron chi connectivity index (χ3n) is 4.63. The lowest BCUT2D eigenvalue weighted by molar-refractivity contribution is -0.138. The molecule has 0 saturated carbocycles. The van der Waals surface area contributed by atoms with Gasteiger partial charge in [-0.05, 0) is 17.0 Å². The highest BCUT2D eigenvalue weighted by molar-refractivity contribution is 5.85. The highest BCUT2D eigenvalue weighted by Gasteiger charge is 2.27. The van der Waals surface area contributed by atoms with Crippen LogP contribution in [0.2, 0.25) is 0 Å². The molecular formula is C21H25NO3. The summed E-state index contributed by atoms with van der Waals surface area (Å²) in [6.07, 6.45) is 0.869. The van der Waals surface area contributed by atoms with Crippen LogP contribution in [0, 0.1) is 5.92 Å². The number of amides is 1. The van der Waals surface area contributed by atoms with Crippen LogP contribution in [-0.2, 0) is 9.59 Å². The summed E-state index contributed by atoms with van der Waals surface area (Å²) in [6.45, 7) is 4.18. The van der Waals surface area contributed by atoms with Crippen molar-refractivity contribution in [2.75, 3.05) is 6.54 Å². The number of rotatable bonds is 8. The molecule has 2 aromatic carbocycles.